The number of hydrogen-bond donors (Lipinski definition) is 1. The van der Waals surface area contributed by atoms with Crippen LogP contribution in [0.1, 0.15) is 36.1 Å². The Bertz CT molecular complexity index is 1250. The van der Waals surface area contributed by atoms with Gasteiger partial charge in [0.05, 0.1) is 29.0 Å². The van der Waals surface area contributed by atoms with E-state index in [-0.39, 0.29) is 5.82 Å². The minimum absolute atomic E-state index is 0.296. The third-order valence-corrected chi connectivity index (χ3v) is 5.38. The summed E-state index contributed by atoms with van der Waals surface area (Å²) in [6.07, 6.45) is 1.81. The quantitative estimate of drug-likeness (QED) is 0.492. The van der Waals surface area contributed by atoms with Gasteiger partial charge in [-0.3, -0.25) is 0 Å². The molecule has 4 rings (SSSR count). The molecule has 3 aromatic carbocycles. The molecule has 5 heteroatoms. The van der Waals surface area contributed by atoms with Crippen LogP contribution in [0.5, 0.6) is 0 Å². The van der Waals surface area contributed by atoms with Crippen LogP contribution < -0.4 is 5.32 Å². The van der Waals surface area contributed by atoms with Crippen molar-refractivity contribution in [1.82, 2.24) is 15.1 Å². The molecule has 0 bridgehead atoms. The Morgan fingerprint density at radius 2 is 1.87 bits per heavy atom. The van der Waals surface area contributed by atoms with E-state index in [1.807, 2.05) is 18.3 Å². The van der Waals surface area contributed by atoms with Crippen molar-refractivity contribution in [2.75, 3.05) is 0 Å². The largest absolute Gasteiger partial charge is 0.304 e. The van der Waals surface area contributed by atoms with Crippen LogP contribution in [0.25, 0.3) is 16.6 Å². The first kappa shape index (κ1) is 19.8. The molecular weight excluding hydrogens is 375 g/mol. The minimum Gasteiger partial charge on any atom is -0.304 e. The topological polar surface area (TPSA) is 53.6 Å². The van der Waals surface area contributed by atoms with E-state index >= 15 is 0 Å². The highest BCUT2D eigenvalue weighted by Crippen LogP contribution is 2.31. The van der Waals surface area contributed by atoms with Crippen LogP contribution in [0.3, 0.4) is 0 Å². The van der Waals surface area contributed by atoms with Gasteiger partial charge in [0.1, 0.15) is 5.82 Å². The Labute approximate surface area is 175 Å². The van der Waals surface area contributed by atoms with E-state index in [4.69, 9.17) is 0 Å². The first-order valence-corrected chi connectivity index (χ1v) is 9.86. The molecule has 150 valence electrons. The van der Waals surface area contributed by atoms with Gasteiger partial charge < -0.3 is 5.32 Å². The van der Waals surface area contributed by atoms with Crippen molar-refractivity contribution >= 4 is 10.9 Å². The second-order valence-corrected chi connectivity index (χ2v) is 8.07. The number of hydrogen-bond acceptors (Lipinski definition) is 3. The van der Waals surface area contributed by atoms with Gasteiger partial charge in [-0.25, -0.2) is 9.07 Å². The fourth-order valence-corrected chi connectivity index (χ4v) is 3.74. The third kappa shape index (κ3) is 3.83. The van der Waals surface area contributed by atoms with Gasteiger partial charge in [-0.1, -0.05) is 29.8 Å². The van der Waals surface area contributed by atoms with Crippen LogP contribution in [0.4, 0.5) is 4.39 Å². The van der Waals surface area contributed by atoms with E-state index < -0.39 is 5.54 Å². The number of fused-ring (bicyclic) bond motifs is 1. The fraction of sp³-hybridized carbons (Fsp3) is 0.200. The number of rotatable bonds is 5. The predicted octanol–water partition coefficient (Wildman–Crippen LogP) is 5.37. The molecular formula is C25H23FN4. The van der Waals surface area contributed by atoms with Crippen LogP contribution in [-0.4, -0.2) is 9.78 Å². The predicted molar refractivity (Wildman–Crippen MR) is 117 cm³/mol. The van der Waals surface area contributed by atoms with Crippen molar-refractivity contribution in [2.45, 2.75) is 32.9 Å². The molecule has 0 atom stereocenters. The van der Waals surface area contributed by atoms with Crippen molar-refractivity contribution in [3.05, 3.63) is 94.9 Å². The Morgan fingerprint density at radius 3 is 2.57 bits per heavy atom. The van der Waals surface area contributed by atoms with Crippen LogP contribution in [0, 0.1) is 24.1 Å². The van der Waals surface area contributed by atoms with E-state index in [1.54, 1.807) is 16.8 Å². The molecule has 1 aromatic heterocycles. The second kappa shape index (κ2) is 7.74. The highest BCUT2D eigenvalue weighted by Gasteiger charge is 2.25. The van der Waals surface area contributed by atoms with E-state index in [0.29, 0.717) is 12.1 Å². The summed E-state index contributed by atoms with van der Waals surface area (Å²) in [5.41, 5.74) is 5.16. The van der Waals surface area contributed by atoms with Crippen molar-refractivity contribution in [3.63, 3.8) is 0 Å². The highest BCUT2D eigenvalue weighted by atomic mass is 19.1. The van der Waals surface area contributed by atoms with E-state index in [1.165, 1.54) is 23.3 Å². The lowest BCUT2D eigenvalue weighted by molar-refractivity contribution is 0.404. The summed E-state index contributed by atoms with van der Waals surface area (Å²) in [5, 5.41) is 18.7. The summed E-state index contributed by atoms with van der Waals surface area (Å²) >= 11 is 0. The number of nitriles is 1. The van der Waals surface area contributed by atoms with Gasteiger partial charge in [-0.2, -0.15) is 10.4 Å². The number of aromatic nitrogens is 2. The average molecular weight is 398 g/mol. The maximum atomic E-state index is 13.3. The van der Waals surface area contributed by atoms with Crippen molar-refractivity contribution in [3.8, 4) is 11.8 Å². The number of benzene rings is 3. The lowest BCUT2D eigenvalue weighted by Crippen LogP contribution is -2.36. The smallest absolute Gasteiger partial charge is 0.123 e. The zero-order chi connectivity index (χ0) is 21.3. The van der Waals surface area contributed by atoms with Gasteiger partial charge >= 0.3 is 0 Å². The molecule has 0 unspecified atom stereocenters. The molecule has 0 fully saturated rings. The minimum atomic E-state index is -0.397. The van der Waals surface area contributed by atoms with E-state index in [0.717, 1.165) is 22.2 Å². The third-order valence-electron chi connectivity index (χ3n) is 5.38. The van der Waals surface area contributed by atoms with Gasteiger partial charge in [0.15, 0.2) is 0 Å². The van der Waals surface area contributed by atoms with E-state index in [9.17, 15) is 9.65 Å². The normalized spacial score (nSPS) is 11.6. The van der Waals surface area contributed by atoms with Gasteiger partial charge in [-0.15, -0.1) is 0 Å². The van der Waals surface area contributed by atoms with Crippen molar-refractivity contribution in [2.24, 2.45) is 0 Å². The monoisotopic (exact) mass is 398 g/mol. The molecule has 0 amide bonds. The van der Waals surface area contributed by atoms with Crippen LogP contribution in [-0.2, 0) is 12.1 Å². The number of halogens is 1. The zero-order valence-corrected chi connectivity index (χ0v) is 17.3. The molecule has 1 N–H and O–H groups in total. The number of nitrogens with one attached hydrogen (secondary N) is 1. The summed E-state index contributed by atoms with van der Waals surface area (Å²) in [6.45, 7) is 7.00. The Kier molecular flexibility index (Phi) is 5.11. The lowest BCUT2D eigenvalue weighted by Gasteiger charge is -2.28. The molecule has 0 spiro atoms. The molecule has 0 saturated carbocycles. The molecule has 0 radical (unpaired) electrons. The average Bonchev–Trinajstić information content (AvgIpc) is 3.16. The van der Waals surface area contributed by atoms with Gasteiger partial charge in [0.2, 0.25) is 0 Å². The number of nitrogens with zero attached hydrogens (tertiary/aromatic N) is 3. The van der Waals surface area contributed by atoms with Crippen molar-refractivity contribution in [1.29, 1.82) is 5.26 Å². The number of aryl methyl sites for hydroxylation is 1. The Balaban J connectivity index is 1.76. The summed E-state index contributed by atoms with van der Waals surface area (Å²) in [6, 6.07) is 20.6. The van der Waals surface area contributed by atoms with Crippen LogP contribution in [0.15, 0.2) is 66.9 Å². The van der Waals surface area contributed by atoms with Gasteiger partial charge in [0, 0.05) is 17.5 Å². The van der Waals surface area contributed by atoms with Crippen molar-refractivity contribution < 1.29 is 4.39 Å². The standard InChI is InChI=1S/C25H23FN4/c1-17-5-4-6-18(11-17)15-28-25(2,3)23-12-19(14-27)13-24-22(23)16-29-30(24)21-9-7-20(26)8-10-21/h4-13,16,28H,15H2,1-3H3. The molecule has 0 aliphatic heterocycles. The summed E-state index contributed by atoms with van der Waals surface area (Å²) in [4.78, 5) is 0. The van der Waals surface area contributed by atoms with Gasteiger partial charge in [-0.05, 0) is 68.3 Å². The fourth-order valence-electron chi connectivity index (χ4n) is 3.74. The highest BCUT2D eigenvalue weighted by molar-refractivity contribution is 5.86. The maximum Gasteiger partial charge on any atom is 0.123 e. The Hall–Kier alpha value is -3.49. The maximum absolute atomic E-state index is 13.3. The molecule has 4 nitrogen and oxygen atoms in total. The van der Waals surface area contributed by atoms with Gasteiger partial charge in [0.25, 0.3) is 0 Å². The first-order chi connectivity index (χ1) is 14.4. The molecule has 0 aliphatic carbocycles. The van der Waals surface area contributed by atoms with Crippen LogP contribution >= 0.6 is 0 Å². The zero-order valence-electron chi connectivity index (χ0n) is 17.3. The van der Waals surface area contributed by atoms with E-state index in [2.05, 4.69) is 61.5 Å². The molecule has 1 heterocycles. The molecule has 30 heavy (non-hydrogen) atoms. The second-order valence-electron chi connectivity index (χ2n) is 8.07. The summed E-state index contributed by atoms with van der Waals surface area (Å²) < 4.78 is 15.1. The first-order valence-electron chi connectivity index (χ1n) is 9.86. The van der Waals surface area contributed by atoms with Crippen LogP contribution in [0.2, 0.25) is 0 Å². The summed E-state index contributed by atoms with van der Waals surface area (Å²) in [5.74, 6) is -0.296. The summed E-state index contributed by atoms with van der Waals surface area (Å²) in [7, 11) is 0. The molecule has 0 aliphatic rings. The molecule has 0 saturated heterocycles. The Morgan fingerprint density at radius 1 is 1.10 bits per heavy atom. The SMILES string of the molecule is Cc1cccc(CNC(C)(C)c2cc(C#N)cc3c2cnn3-c2ccc(F)cc2)c1. The lowest BCUT2D eigenvalue weighted by atomic mass is 9.89. The molecule has 4 aromatic rings.